The lowest BCUT2D eigenvalue weighted by molar-refractivity contribution is 0.263. The molecule has 0 bridgehead atoms. The highest BCUT2D eigenvalue weighted by molar-refractivity contribution is 9.10. The quantitative estimate of drug-likeness (QED) is 0.895. The van der Waals surface area contributed by atoms with E-state index in [-0.39, 0.29) is 12.1 Å². The fourth-order valence-electron chi connectivity index (χ4n) is 2.05. The molecule has 96 valence electrons. The normalized spacial score (nSPS) is 27.2. The molecule has 1 aliphatic heterocycles. The number of halogens is 1. The number of piperazine rings is 1. The summed E-state index contributed by atoms with van der Waals surface area (Å²) in [5.41, 5.74) is 0. The van der Waals surface area contributed by atoms with E-state index in [0.29, 0.717) is 21.8 Å². The van der Waals surface area contributed by atoms with Gasteiger partial charge < -0.3 is 5.32 Å². The Labute approximate surface area is 114 Å². The van der Waals surface area contributed by atoms with E-state index in [9.17, 15) is 8.42 Å². The summed E-state index contributed by atoms with van der Waals surface area (Å²) in [6.07, 6.45) is 0. The number of hydrogen-bond donors (Lipinski definition) is 1. The van der Waals surface area contributed by atoms with Crippen molar-refractivity contribution in [3.8, 4) is 0 Å². The van der Waals surface area contributed by atoms with Gasteiger partial charge in [-0.25, -0.2) is 8.42 Å². The molecule has 0 amide bonds. The maximum absolute atomic E-state index is 12.4. The first-order valence-electron chi connectivity index (χ1n) is 5.40. The van der Waals surface area contributed by atoms with Crippen molar-refractivity contribution < 1.29 is 8.42 Å². The molecule has 1 fully saturated rings. The Bertz CT molecular complexity index is 490. The Morgan fingerprint density at radius 1 is 1.41 bits per heavy atom. The molecule has 1 aromatic heterocycles. The monoisotopic (exact) mass is 338 g/mol. The van der Waals surface area contributed by atoms with Crippen LogP contribution in [0.5, 0.6) is 0 Å². The molecule has 1 saturated heterocycles. The molecule has 0 saturated carbocycles. The fraction of sp³-hybridized carbons (Fsp3) is 0.600. The molecule has 1 aromatic rings. The molecule has 0 spiro atoms. The number of sulfonamides is 1. The minimum Gasteiger partial charge on any atom is -0.309 e. The van der Waals surface area contributed by atoms with Gasteiger partial charge in [-0.05, 0) is 41.2 Å². The number of thiophene rings is 1. The van der Waals surface area contributed by atoms with Gasteiger partial charge in [-0.3, -0.25) is 0 Å². The van der Waals surface area contributed by atoms with Gasteiger partial charge in [0.15, 0.2) is 0 Å². The minimum absolute atomic E-state index is 0.187. The molecule has 2 rings (SSSR count). The van der Waals surface area contributed by atoms with E-state index in [1.165, 1.54) is 11.3 Å². The zero-order chi connectivity index (χ0) is 12.6. The first kappa shape index (κ1) is 13.5. The van der Waals surface area contributed by atoms with Gasteiger partial charge in [-0.1, -0.05) is 0 Å². The highest BCUT2D eigenvalue weighted by atomic mass is 79.9. The first-order valence-corrected chi connectivity index (χ1v) is 8.51. The third kappa shape index (κ3) is 2.73. The van der Waals surface area contributed by atoms with Crippen molar-refractivity contribution in [3.63, 3.8) is 0 Å². The lowest BCUT2D eigenvalue weighted by Crippen LogP contribution is -2.55. The summed E-state index contributed by atoms with van der Waals surface area (Å²) in [6, 6.07) is 2.15. The predicted molar refractivity (Wildman–Crippen MR) is 72.8 cm³/mol. The standard InChI is InChI=1S/C10H15BrN2O2S2/c1-7-5-13(6-8(2)12-7)17(14,15)10-9(11)3-4-16-10/h3-4,7-8,12H,5-6H2,1-2H3/t7-,8-/m1/s1. The second kappa shape index (κ2) is 4.97. The van der Waals surface area contributed by atoms with Crippen LogP contribution in [0.15, 0.2) is 20.1 Å². The summed E-state index contributed by atoms with van der Waals surface area (Å²) >= 11 is 4.54. The molecule has 7 heteroatoms. The molecule has 0 radical (unpaired) electrons. The summed E-state index contributed by atoms with van der Waals surface area (Å²) in [6.45, 7) is 5.05. The molecule has 0 aliphatic carbocycles. The van der Waals surface area contributed by atoms with Crippen LogP contribution in [0.2, 0.25) is 0 Å². The Kier molecular flexibility index (Phi) is 3.94. The zero-order valence-electron chi connectivity index (χ0n) is 9.68. The number of hydrogen-bond acceptors (Lipinski definition) is 4. The maximum Gasteiger partial charge on any atom is 0.253 e. The Balaban J connectivity index is 2.30. The van der Waals surface area contributed by atoms with Crippen molar-refractivity contribution in [1.29, 1.82) is 0 Å². The molecule has 1 N–H and O–H groups in total. The molecule has 2 atom stereocenters. The van der Waals surface area contributed by atoms with Crippen molar-refractivity contribution in [2.45, 2.75) is 30.1 Å². The lowest BCUT2D eigenvalue weighted by atomic mass is 10.2. The van der Waals surface area contributed by atoms with E-state index >= 15 is 0 Å². The molecule has 0 unspecified atom stereocenters. The van der Waals surface area contributed by atoms with Gasteiger partial charge in [0.05, 0.1) is 0 Å². The largest absolute Gasteiger partial charge is 0.309 e. The molecule has 4 nitrogen and oxygen atoms in total. The molecular formula is C10H15BrN2O2S2. The Hall–Kier alpha value is 0.0500. The number of nitrogens with zero attached hydrogens (tertiary/aromatic N) is 1. The highest BCUT2D eigenvalue weighted by Gasteiger charge is 2.33. The smallest absolute Gasteiger partial charge is 0.253 e. The van der Waals surface area contributed by atoms with Crippen LogP contribution in [0.3, 0.4) is 0 Å². The van der Waals surface area contributed by atoms with Crippen LogP contribution < -0.4 is 5.32 Å². The Morgan fingerprint density at radius 3 is 2.47 bits per heavy atom. The second-order valence-electron chi connectivity index (χ2n) is 4.35. The summed E-state index contributed by atoms with van der Waals surface area (Å²) in [7, 11) is -3.35. The van der Waals surface area contributed by atoms with Crippen molar-refractivity contribution in [1.82, 2.24) is 9.62 Å². The third-order valence-electron chi connectivity index (χ3n) is 2.68. The summed E-state index contributed by atoms with van der Waals surface area (Å²) < 4.78 is 27.5. The summed E-state index contributed by atoms with van der Waals surface area (Å²) in [5.74, 6) is 0. The van der Waals surface area contributed by atoms with Gasteiger partial charge in [0.1, 0.15) is 4.21 Å². The van der Waals surface area contributed by atoms with Gasteiger partial charge in [0.2, 0.25) is 0 Å². The van der Waals surface area contributed by atoms with Gasteiger partial charge >= 0.3 is 0 Å². The topological polar surface area (TPSA) is 49.4 Å². The van der Waals surface area contributed by atoms with Crippen LogP contribution in [0.4, 0.5) is 0 Å². The number of rotatable bonds is 2. The average molecular weight is 339 g/mol. The maximum atomic E-state index is 12.4. The zero-order valence-corrected chi connectivity index (χ0v) is 12.9. The van der Waals surface area contributed by atoms with Gasteiger partial charge in [0, 0.05) is 29.6 Å². The number of nitrogens with one attached hydrogen (secondary N) is 1. The van der Waals surface area contributed by atoms with E-state index in [2.05, 4.69) is 21.2 Å². The summed E-state index contributed by atoms with van der Waals surface area (Å²) in [4.78, 5) is 0. The van der Waals surface area contributed by atoms with E-state index in [1.54, 1.807) is 15.8 Å². The SMILES string of the molecule is C[C@@H]1CN(S(=O)(=O)c2sccc2Br)C[C@@H](C)N1. The molecule has 1 aliphatic rings. The molecular weight excluding hydrogens is 324 g/mol. The van der Waals surface area contributed by atoms with Crippen LogP contribution in [-0.2, 0) is 10.0 Å². The van der Waals surface area contributed by atoms with Crippen LogP contribution in [-0.4, -0.2) is 37.9 Å². The van der Waals surface area contributed by atoms with Crippen molar-refractivity contribution in [2.75, 3.05) is 13.1 Å². The van der Waals surface area contributed by atoms with Crippen LogP contribution in [0.1, 0.15) is 13.8 Å². The van der Waals surface area contributed by atoms with Crippen molar-refractivity contribution in [3.05, 3.63) is 15.9 Å². The van der Waals surface area contributed by atoms with Crippen molar-refractivity contribution >= 4 is 37.3 Å². The fourth-order valence-corrected chi connectivity index (χ4v) is 6.12. The van der Waals surface area contributed by atoms with Crippen molar-refractivity contribution in [2.24, 2.45) is 0 Å². The van der Waals surface area contributed by atoms with Gasteiger partial charge in [-0.15, -0.1) is 11.3 Å². The highest BCUT2D eigenvalue weighted by Crippen LogP contribution is 2.30. The van der Waals surface area contributed by atoms with Gasteiger partial charge in [0.25, 0.3) is 10.0 Å². The minimum atomic E-state index is -3.35. The summed E-state index contributed by atoms with van der Waals surface area (Å²) in [5, 5.41) is 5.11. The Morgan fingerprint density at radius 2 is 2.00 bits per heavy atom. The van der Waals surface area contributed by atoms with E-state index in [4.69, 9.17) is 0 Å². The van der Waals surface area contributed by atoms with E-state index < -0.39 is 10.0 Å². The second-order valence-corrected chi connectivity index (χ2v) is 8.25. The first-order chi connectivity index (χ1) is 7.91. The van der Waals surface area contributed by atoms with E-state index in [1.807, 2.05) is 13.8 Å². The van der Waals surface area contributed by atoms with Crippen LogP contribution >= 0.6 is 27.3 Å². The predicted octanol–water partition coefficient (Wildman–Crippen LogP) is 1.88. The van der Waals surface area contributed by atoms with Crippen LogP contribution in [0, 0.1) is 0 Å². The third-order valence-corrected chi connectivity index (χ3v) is 7.16. The van der Waals surface area contributed by atoms with Gasteiger partial charge in [-0.2, -0.15) is 4.31 Å². The lowest BCUT2D eigenvalue weighted by Gasteiger charge is -2.34. The molecule has 2 heterocycles. The van der Waals surface area contributed by atoms with E-state index in [0.717, 1.165) is 0 Å². The van der Waals surface area contributed by atoms with Crippen LogP contribution in [0.25, 0.3) is 0 Å². The average Bonchev–Trinajstić information content (AvgIpc) is 2.63. The molecule has 17 heavy (non-hydrogen) atoms. The molecule has 0 aromatic carbocycles.